The van der Waals surface area contributed by atoms with Crippen LogP contribution in [0.2, 0.25) is 0 Å². The van der Waals surface area contributed by atoms with Gasteiger partial charge in [-0.2, -0.15) is 0 Å². The predicted molar refractivity (Wildman–Crippen MR) is 78.1 cm³/mol. The monoisotopic (exact) mass is 278 g/mol. The van der Waals surface area contributed by atoms with E-state index in [1.165, 1.54) is 6.07 Å². The second kappa shape index (κ2) is 6.15. The van der Waals surface area contributed by atoms with Crippen LogP contribution in [-0.2, 0) is 0 Å². The maximum atomic E-state index is 10.1. The number of rotatable bonds is 4. The maximum Gasteiger partial charge on any atom is 0.200 e. The van der Waals surface area contributed by atoms with E-state index in [1.807, 2.05) is 6.92 Å². The van der Waals surface area contributed by atoms with Crippen LogP contribution in [0.15, 0.2) is 24.3 Å². The minimum absolute atomic E-state index is 0.0406. The van der Waals surface area contributed by atoms with Gasteiger partial charge in [-0.05, 0) is 25.5 Å². The van der Waals surface area contributed by atoms with E-state index in [2.05, 4.69) is 16.8 Å². The molecule has 5 heteroatoms. The average Bonchev–Trinajstić information content (AvgIpc) is 2.44. The molecule has 0 unspecified atom stereocenters. The van der Waals surface area contributed by atoms with Crippen LogP contribution in [0.1, 0.15) is 24.9 Å². The van der Waals surface area contributed by atoms with Gasteiger partial charge in [0.2, 0.25) is 5.75 Å². The normalized spacial score (nSPS) is 17.9. The van der Waals surface area contributed by atoms with E-state index in [4.69, 9.17) is 0 Å². The van der Waals surface area contributed by atoms with E-state index in [0.29, 0.717) is 12.0 Å². The number of phenols is 3. The summed E-state index contributed by atoms with van der Waals surface area (Å²) in [6.07, 6.45) is 0.706. The zero-order chi connectivity index (χ0) is 14.7. The third-order valence-electron chi connectivity index (χ3n) is 3.65. The summed E-state index contributed by atoms with van der Waals surface area (Å²) in [5.41, 5.74) is 1.64. The van der Waals surface area contributed by atoms with Gasteiger partial charge in [0.1, 0.15) is 0 Å². The van der Waals surface area contributed by atoms with Crippen molar-refractivity contribution in [3.8, 4) is 17.2 Å². The van der Waals surface area contributed by atoms with E-state index in [-0.39, 0.29) is 17.5 Å². The molecule has 4 N–H and O–H groups in total. The Hall–Kier alpha value is -1.72. The van der Waals surface area contributed by atoms with Crippen LogP contribution in [0, 0.1) is 0 Å². The molecule has 110 valence electrons. The SMILES string of the molecule is C=C(C)C[C@@H](c1ccc(O)c(O)c1O)N1CCNCC1. The first-order valence-corrected chi connectivity index (χ1v) is 6.83. The van der Waals surface area contributed by atoms with Crippen molar-refractivity contribution < 1.29 is 15.3 Å². The molecule has 0 amide bonds. The van der Waals surface area contributed by atoms with Gasteiger partial charge in [0, 0.05) is 37.8 Å². The van der Waals surface area contributed by atoms with Gasteiger partial charge in [0.25, 0.3) is 0 Å². The van der Waals surface area contributed by atoms with Crippen molar-refractivity contribution in [2.75, 3.05) is 26.2 Å². The molecule has 1 aromatic carbocycles. The second-order valence-electron chi connectivity index (χ2n) is 5.33. The fraction of sp³-hybridized carbons (Fsp3) is 0.467. The van der Waals surface area contributed by atoms with Crippen molar-refractivity contribution in [2.24, 2.45) is 0 Å². The summed E-state index contributed by atoms with van der Waals surface area (Å²) in [6.45, 7) is 9.45. The molecule has 1 heterocycles. The Morgan fingerprint density at radius 1 is 1.25 bits per heavy atom. The van der Waals surface area contributed by atoms with Gasteiger partial charge in [-0.1, -0.05) is 5.57 Å². The molecule has 5 nitrogen and oxygen atoms in total. The van der Waals surface area contributed by atoms with E-state index >= 15 is 0 Å². The summed E-state index contributed by atoms with van der Waals surface area (Å²) in [6, 6.07) is 3.04. The maximum absolute atomic E-state index is 10.1. The first kappa shape index (κ1) is 14.7. The molecule has 1 fully saturated rings. The highest BCUT2D eigenvalue weighted by Crippen LogP contribution is 2.42. The van der Waals surface area contributed by atoms with Gasteiger partial charge >= 0.3 is 0 Å². The highest BCUT2D eigenvalue weighted by Gasteiger charge is 2.26. The quantitative estimate of drug-likeness (QED) is 0.498. The Balaban J connectivity index is 2.35. The molecule has 0 bridgehead atoms. The fourth-order valence-electron chi connectivity index (χ4n) is 2.61. The number of hydrogen-bond acceptors (Lipinski definition) is 5. The molecular formula is C15H22N2O3. The van der Waals surface area contributed by atoms with Crippen LogP contribution in [0.3, 0.4) is 0 Å². The zero-order valence-electron chi connectivity index (χ0n) is 11.8. The lowest BCUT2D eigenvalue weighted by molar-refractivity contribution is 0.169. The number of piperazine rings is 1. The van der Waals surface area contributed by atoms with E-state index in [1.54, 1.807) is 6.07 Å². The number of aromatic hydroxyl groups is 3. The Bertz CT molecular complexity index is 496. The molecule has 1 aliphatic rings. The third-order valence-corrected chi connectivity index (χ3v) is 3.65. The van der Waals surface area contributed by atoms with E-state index in [9.17, 15) is 15.3 Å². The lowest BCUT2D eigenvalue weighted by atomic mass is 9.96. The second-order valence-corrected chi connectivity index (χ2v) is 5.33. The number of nitrogens with one attached hydrogen (secondary N) is 1. The summed E-state index contributed by atoms with van der Waals surface area (Å²) in [4.78, 5) is 2.26. The third kappa shape index (κ3) is 3.05. The summed E-state index contributed by atoms with van der Waals surface area (Å²) in [7, 11) is 0. The Morgan fingerprint density at radius 2 is 1.90 bits per heavy atom. The van der Waals surface area contributed by atoms with Crippen molar-refractivity contribution in [1.82, 2.24) is 10.2 Å². The molecule has 0 radical (unpaired) electrons. The minimum Gasteiger partial charge on any atom is -0.504 e. The van der Waals surface area contributed by atoms with Crippen molar-refractivity contribution in [1.29, 1.82) is 0 Å². The van der Waals surface area contributed by atoms with Gasteiger partial charge in [-0.25, -0.2) is 0 Å². The topological polar surface area (TPSA) is 76.0 Å². The average molecular weight is 278 g/mol. The molecule has 0 aromatic heterocycles. The highest BCUT2D eigenvalue weighted by atomic mass is 16.3. The van der Waals surface area contributed by atoms with Gasteiger partial charge < -0.3 is 20.6 Å². The number of nitrogens with zero attached hydrogens (tertiary/aromatic N) is 1. The van der Waals surface area contributed by atoms with Crippen molar-refractivity contribution in [2.45, 2.75) is 19.4 Å². The predicted octanol–water partition coefficient (Wildman–Crippen LogP) is 1.72. The van der Waals surface area contributed by atoms with Crippen LogP contribution in [-0.4, -0.2) is 46.4 Å². The molecule has 1 saturated heterocycles. The number of hydrogen-bond donors (Lipinski definition) is 4. The Kier molecular flexibility index (Phi) is 4.52. The van der Waals surface area contributed by atoms with Crippen LogP contribution in [0.5, 0.6) is 17.2 Å². The standard InChI is InChI=1S/C15H22N2O3/c1-10(2)9-12(17-7-5-16-6-8-17)11-3-4-13(18)15(20)14(11)19/h3-4,12,16,18-20H,1,5-9H2,2H3/t12-/m0/s1. The summed E-state index contributed by atoms with van der Waals surface area (Å²) in [5, 5.41) is 32.6. The first-order valence-electron chi connectivity index (χ1n) is 6.83. The van der Waals surface area contributed by atoms with E-state index < -0.39 is 5.75 Å². The van der Waals surface area contributed by atoms with Crippen molar-refractivity contribution in [3.63, 3.8) is 0 Å². The number of phenolic OH excluding ortho intramolecular Hbond substituents is 3. The Morgan fingerprint density at radius 3 is 2.50 bits per heavy atom. The molecule has 0 aliphatic carbocycles. The van der Waals surface area contributed by atoms with Gasteiger partial charge in [-0.3, -0.25) is 4.90 Å². The van der Waals surface area contributed by atoms with Crippen LogP contribution in [0.4, 0.5) is 0 Å². The van der Waals surface area contributed by atoms with Gasteiger partial charge in [0.05, 0.1) is 0 Å². The molecule has 2 rings (SSSR count). The van der Waals surface area contributed by atoms with E-state index in [0.717, 1.165) is 31.8 Å². The molecule has 20 heavy (non-hydrogen) atoms. The molecule has 0 spiro atoms. The fourth-order valence-corrected chi connectivity index (χ4v) is 2.61. The lowest BCUT2D eigenvalue weighted by Gasteiger charge is -2.35. The smallest absolute Gasteiger partial charge is 0.200 e. The van der Waals surface area contributed by atoms with Crippen LogP contribution >= 0.6 is 0 Å². The van der Waals surface area contributed by atoms with Crippen molar-refractivity contribution >= 4 is 0 Å². The Labute approximate surface area is 119 Å². The largest absolute Gasteiger partial charge is 0.504 e. The summed E-state index contributed by atoms with van der Waals surface area (Å²) >= 11 is 0. The summed E-state index contributed by atoms with van der Waals surface area (Å²) < 4.78 is 0. The zero-order valence-corrected chi connectivity index (χ0v) is 11.8. The summed E-state index contributed by atoms with van der Waals surface area (Å²) in [5.74, 6) is -1.00. The van der Waals surface area contributed by atoms with Crippen LogP contribution in [0.25, 0.3) is 0 Å². The van der Waals surface area contributed by atoms with Gasteiger partial charge in [-0.15, -0.1) is 6.58 Å². The lowest BCUT2D eigenvalue weighted by Crippen LogP contribution is -2.45. The first-order chi connectivity index (χ1) is 9.50. The van der Waals surface area contributed by atoms with Gasteiger partial charge in [0.15, 0.2) is 11.5 Å². The molecule has 0 saturated carbocycles. The number of benzene rings is 1. The molecular weight excluding hydrogens is 256 g/mol. The highest BCUT2D eigenvalue weighted by molar-refractivity contribution is 5.54. The minimum atomic E-state index is -0.454. The van der Waals surface area contributed by atoms with Crippen LogP contribution < -0.4 is 5.32 Å². The molecule has 1 atom stereocenters. The molecule has 1 aromatic rings. The molecule has 1 aliphatic heterocycles. The van der Waals surface area contributed by atoms with Crippen molar-refractivity contribution in [3.05, 3.63) is 29.8 Å².